The second-order valence-electron chi connectivity index (χ2n) is 9.01. The Hall–Kier alpha value is -1.72. The Morgan fingerprint density at radius 3 is 1.87 bits per heavy atom. The van der Waals surface area contributed by atoms with Gasteiger partial charge in [0.05, 0.1) is 13.1 Å². The van der Waals surface area contributed by atoms with E-state index >= 15 is 0 Å². The summed E-state index contributed by atoms with van der Waals surface area (Å²) >= 11 is 0. The smallest absolute Gasteiger partial charge is 0.119 e. The Kier molecular flexibility index (Phi) is 13.3. The van der Waals surface area contributed by atoms with E-state index in [4.69, 9.17) is 14.7 Å². The third-order valence-electron chi connectivity index (χ3n) is 4.66. The first-order valence-electron chi connectivity index (χ1n) is 11.3. The molecule has 0 heterocycles. The first kappa shape index (κ1) is 26.3. The lowest BCUT2D eigenvalue weighted by molar-refractivity contribution is 0.0702. The molecule has 0 aliphatic carbocycles. The van der Waals surface area contributed by atoms with Crippen LogP contribution in [0.4, 0.5) is 0 Å². The molecule has 170 valence electrons. The molecule has 0 aliphatic heterocycles. The van der Waals surface area contributed by atoms with Gasteiger partial charge in [0.15, 0.2) is 0 Å². The minimum absolute atomic E-state index is 0.284. The Bertz CT molecular complexity index is 597. The van der Waals surface area contributed by atoms with Gasteiger partial charge in [0.2, 0.25) is 0 Å². The molecule has 0 radical (unpaired) electrons. The van der Waals surface area contributed by atoms with E-state index in [-0.39, 0.29) is 6.61 Å². The molecular formula is C25H43N3O2. The van der Waals surface area contributed by atoms with Crippen LogP contribution in [0.15, 0.2) is 40.3 Å². The summed E-state index contributed by atoms with van der Waals surface area (Å²) < 4.78 is 5.71. The first-order chi connectivity index (χ1) is 14.3. The first-order valence-corrected chi connectivity index (χ1v) is 11.3. The van der Waals surface area contributed by atoms with Crippen LogP contribution in [0.5, 0.6) is 5.75 Å². The molecule has 0 bridgehead atoms. The van der Waals surface area contributed by atoms with Gasteiger partial charge < -0.3 is 9.84 Å². The molecule has 1 N–H and O–H groups in total. The van der Waals surface area contributed by atoms with Gasteiger partial charge in [-0.05, 0) is 50.7 Å². The molecule has 5 nitrogen and oxygen atoms in total. The average molecular weight is 418 g/mol. The van der Waals surface area contributed by atoms with Crippen LogP contribution in [-0.4, -0.2) is 66.9 Å². The number of aliphatic imine (C=N–C) groups is 2. The summed E-state index contributed by atoms with van der Waals surface area (Å²) in [6.45, 7) is 17.0. The number of rotatable bonds is 15. The maximum absolute atomic E-state index is 10.5. The maximum Gasteiger partial charge on any atom is 0.119 e. The van der Waals surface area contributed by atoms with Crippen LogP contribution < -0.4 is 4.74 Å². The van der Waals surface area contributed by atoms with Crippen molar-refractivity contribution in [2.75, 3.05) is 39.3 Å². The number of nitrogens with zero attached hydrogens (tertiary/aromatic N) is 3. The van der Waals surface area contributed by atoms with Crippen molar-refractivity contribution in [2.45, 2.75) is 60.5 Å². The fraction of sp³-hybridized carbons (Fsp3) is 0.680. The van der Waals surface area contributed by atoms with Gasteiger partial charge in [-0.25, -0.2) is 0 Å². The highest BCUT2D eigenvalue weighted by atomic mass is 16.5. The number of aliphatic hydroxyl groups excluding tert-OH is 1. The summed E-state index contributed by atoms with van der Waals surface area (Å²) in [4.78, 5) is 11.7. The van der Waals surface area contributed by atoms with Crippen molar-refractivity contribution < 1.29 is 9.84 Å². The summed E-state index contributed by atoms with van der Waals surface area (Å²) in [6, 6.07) is 9.63. The highest BCUT2D eigenvalue weighted by molar-refractivity contribution is 5.82. The standard InChI is InChI=1S/C25H43N3O2/c1-20(2)16-22(5)26-12-14-28(15-13-27-23(6)17-21(3)4)18-24(29)19-30-25-10-8-7-9-11-25/h7-11,20-21,24,29H,12-19H2,1-6H3/t24-/m0/s1. The van der Waals surface area contributed by atoms with Crippen molar-refractivity contribution in [2.24, 2.45) is 21.8 Å². The van der Waals surface area contributed by atoms with Crippen LogP contribution >= 0.6 is 0 Å². The summed E-state index contributed by atoms with van der Waals surface area (Å²) in [7, 11) is 0. The molecule has 0 unspecified atom stereocenters. The van der Waals surface area contributed by atoms with Crippen molar-refractivity contribution in [3.63, 3.8) is 0 Å². The number of ether oxygens (including phenoxy) is 1. The van der Waals surface area contributed by atoms with Crippen LogP contribution in [0.3, 0.4) is 0 Å². The predicted octanol–water partition coefficient (Wildman–Crippen LogP) is 4.74. The SMILES string of the molecule is CC(CC(C)C)=NCCN(CCN=C(C)CC(C)C)C[C@H](O)COc1ccccc1. The quantitative estimate of drug-likeness (QED) is 0.419. The lowest BCUT2D eigenvalue weighted by Gasteiger charge is -2.24. The van der Waals surface area contributed by atoms with Gasteiger partial charge in [-0.3, -0.25) is 14.9 Å². The molecule has 0 aliphatic rings. The highest BCUT2D eigenvalue weighted by Crippen LogP contribution is 2.09. The molecule has 0 spiro atoms. The van der Waals surface area contributed by atoms with E-state index in [0.717, 1.165) is 44.8 Å². The van der Waals surface area contributed by atoms with Crippen molar-refractivity contribution in [1.29, 1.82) is 0 Å². The lowest BCUT2D eigenvalue weighted by Crippen LogP contribution is -2.38. The van der Waals surface area contributed by atoms with Gasteiger partial charge in [0, 0.05) is 31.1 Å². The summed E-state index contributed by atoms with van der Waals surface area (Å²) in [5.74, 6) is 2.03. The average Bonchev–Trinajstić information content (AvgIpc) is 2.66. The number of aliphatic hydroxyl groups is 1. The zero-order valence-corrected chi connectivity index (χ0v) is 20.0. The molecular weight excluding hydrogens is 374 g/mol. The van der Waals surface area contributed by atoms with Gasteiger partial charge in [-0.2, -0.15) is 0 Å². The molecule has 30 heavy (non-hydrogen) atoms. The Morgan fingerprint density at radius 1 is 0.900 bits per heavy atom. The van der Waals surface area contributed by atoms with Crippen molar-refractivity contribution in [1.82, 2.24) is 4.90 Å². The monoisotopic (exact) mass is 417 g/mol. The largest absolute Gasteiger partial charge is 0.491 e. The van der Waals surface area contributed by atoms with E-state index in [0.29, 0.717) is 18.4 Å². The summed E-state index contributed by atoms with van der Waals surface area (Å²) in [5, 5.41) is 10.5. The van der Waals surface area contributed by atoms with Crippen LogP contribution in [0.25, 0.3) is 0 Å². The molecule has 5 heteroatoms. The Labute approximate surface area is 184 Å². The predicted molar refractivity (Wildman–Crippen MR) is 129 cm³/mol. The molecule has 1 atom stereocenters. The number of benzene rings is 1. The summed E-state index contributed by atoms with van der Waals surface area (Å²) in [6.07, 6.45) is 1.52. The van der Waals surface area contributed by atoms with Crippen LogP contribution in [-0.2, 0) is 0 Å². The fourth-order valence-electron chi connectivity index (χ4n) is 3.43. The topological polar surface area (TPSA) is 57.4 Å². The fourth-order valence-corrected chi connectivity index (χ4v) is 3.43. The van der Waals surface area contributed by atoms with Crippen molar-refractivity contribution in [3.8, 4) is 5.75 Å². The lowest BCUT2D eigenvalue weighted by atomic mass is 10.1. The highest BCUT2D eigenvalue weighted by Gasteiger charge is 2.12. The zero-order chi connectivity index (χ0) is 22.4. The van der Waals surface area contributed by atoms with E-state index in [1.807, 2.05) is 30.3 Å². The zero-order valence-electron chi connectivity index (χ0n) is 20.0. The normalized spacial score (nSPS) is 14.1. The third kappa shape index (κ3) is 13.5. The van der Waals surface area contributed by atoms with Crippen molar-refractivity contribution >= 4 is 11.4 Å². The van der Waals surface area contributed by atoms with Gasteiger partial charge in [-0.1, -0.05) is 45.9 Å². The molecule has 0 saturated heterocycles. The van der Waals surface area contributed by atoms with Gasteiger partial charge in [-0.15, -0.1) is 0 Å². The molecule has 0 aromatic heterocycles. The van der Waals surface area contributed by atoms with Gasteiger partial charge in [0.1, 0.15) is 18.5 Å². The van der Waals surface area contributed by atoms with E-state index < -0.39 is 6.10 Å². The molecule has 1 aromatic carbocycles. The van der Waals surface area contributed by atoms with Crippen molar-refractivity contribution in [3.05, 3.63) is 30.3 Å². The number of hydrogen-bond acceptors (Lipinski definition) is 5. The molecule has 1 aromatic rings. The maximum atomic E-state index is 10.5. The number of hydrogen-bond donors (Lipinski definition) is 1. The van der Waals surface area contributed by atoms with E-state index in [9.17, 15) is 5.11 Å². The number of para-hydroxylation sites is 1. The molecule has 1 rings (SSSR count). The summed E-state index contributed by atoms with van der Waals surface area (Å²) in [5.41, 5.74) is 2.40. The second-order valence-corrected chi connectivity index (χ2v) is 9.01. The van der Waals surface area contributed by atoms with Crippen LogP contribution in [0.1, 0.15) is 54.4 Å². The van der Waals surface area contributed by atoms with E-state index in [1.165, 1.54) is 11.4 Å². The van der Waals surface area contributed by atoms with Crippen LogP contribution in [0.2, 0.25) is 0 Å². The second kappa shape index (κ2) is 15.1. The van der Waals surface area contributed by atoms with E-state index in [2.05, 4.69) is 46.4 Å². The molecule has 0 amide bonds. The Balaban J connectivity index is 2.56. The van der Waals surface area contributed by atoms with Gasteiger partial charge in [0.25, 0.3) is 0 Å². The van der Waals surface area contributed by atoms with Crippen LogP contribution in [0, 0.1) is 11.8 Å². The molecule has 0 saturated carbocycles. The van der Waals surface area contributed by atoms with Gasteiger partial charge >= 0.3 is 0 Å². The third-order valence-corrected chi connectivity index (χ3v) is 4.66. The minimum Gasteiger partial charge on any atom is -0.491 e. The molecule has 0 fully saturated rings. The van der Waals surface area contributed by atoms with E-state index in [1.54, 1.807) is 0 Å². The Morgan fingerprint density at radius 2 is 1.40 bits per heavy atom. The minimum atomic E-state index is -0.549.